The van der Waals surface area contributed by atoms with Crippen LogP contribution < -0.4 is 0 Å². The van der Waals surface area contributed by atoms with E-state index in [9.17, 15) is 5.11 Å². The monoisotopic (exact) mass is 302 g/mol. The van der Waals surface area contributed by atoms with Gasteiger partial charge in [-0.3, -0.25) is 0 Å². The van der Waals surface area contributed by atoms with Crippen LogP contribution in [0.1, 0.15) is 47.9 Å². The molecular weight excluding hydrogens is 280 g/mol. The Bertz CT molecular complexity index is 730. The molecule has 1 nitrogen and oxygen atoms in total. The largest absolute Gasteiger partial charge is 0.390 e. The van der Waals surface area contributed by atoms with Crippen LogP contribution in [0, 0.1) is 5.92 Å². The van der Waals surface area contributed by atoms with Crippen LogP contribution in [0.2, 0.25) is 0 Å². The van der Waals surface area contributed by atoms with E-state index in [-0.39, 0.29) is 17.8 Å². The van der Waals surface area contributed by atoms with Crippen molar-refractivity contribution < 1.29 is 5.11 Å². The van der Waals surface area contributed by atoms with Crippen molar-refractivity contribution in [1.82, 2.24) is 0 Å². The first-order chi connectivity index (χ1) is 11.1. The smallest absolute Gasteiger partial charge is 0.0637 e. The summed E-state index contributed by atoms with van der Waals surface area (Å²) in [6.45, 7) is 3.89. The van der Waals surface area contributed by atoms with Crippen molar-refractivity contribution in [3.05, 3.63) is 82.9 Å². The van der Waals surface area contributed by atoms with Gasteiger partial charge in [0.25, 0.3) is 0 Å². The minimum Gasteiger partial charge on any atom is -0.390 e. The molecule has 0 saturated carbocycles. The molecule has 0 aliphatic heterocycles. The third-order valence-corrected chi connectivity index (χ3v) is 5.27. The van der Waals surface area contributed by atoms with E-state index in [2.05, 4.69) is 72.8 Å². The van der Waals surface area contributed by atoms with Crippen molar-refractivity contribution in [3.63, 3.8) is 0 Å². The molecule has 0 spiro atoms. The zero-order valence-corrected chi connectivity index (χ0v) is 13.6. The molecule has 2 aromatic carbocycles. The molecule has 0 radical (unpaired) electrons. The number of aliphatic hydroxyl groups is 1. The number of fused-ring (bicyclic) bond motifs is 2. The fourth-order valence-corrected chi connectivity index (χ4v) is 4.28. The van der Waals surface area contributed by atoms with Gasteiger partial charge in [0.2, 0.25) is 0 Å². The fraction of sp³-hybridized carbons (Fsp3) is 0.273. The van der Waals surface area contributed by atoms with Crippen LogP contribution in [-0.4, -0.2) is 10.7 Å². The van der Waals surface area contributed by atoms with Crippen molar-refractivity contribution in [3.8, 4) is 0 Å². The summed E-state index contributed by atoms with van der Waals surface area (Å²) in [7, 11) is 0. The predicted octanol–water partition coefficient (Wildman–Crippen LogP) is 4.99. The Morgan fingerprint density at radius 2 is 1.22 bits per heavy atom. The minimum atomic E-state index is -0.765. The summed E-state index contributed by atoms with van der Waals surface area (Å²) in [5.74, 6) is 0.598. The summed E-state index contributed by atoms with van der Waals surface area (Å²) in [5.41, 5.74) is 4.46. The molecule has 23 heavy (non-hydrogen) atoms. The average molecular weight is 302 g/mol. The van der Waals surface area contributed by atoms with Crippen molar-refractivity contribution in [2.75, 3.05) is 0 Å². The lowest BCUT2D eigenvalue weighted by molar-refractivity contribution is 0.00492. The summed E-state index contributed by atoms with van der Waals surface area (Å²) in [4.78, 5) is 0. The molecule has 4 rings (SSSR count). The molecule has 2 aliphatic carbocycles. The van der Waals surface area contributed by atoms with E-state index in [0.717, 1.165) is 0 Å². The second-order valence-electron chi connectivity index (χ2n) is 7.21. The first-order valence-corrected chi connectivity index (χ1v) is 8.32. The van der Waals surface area contributed by atoms with Gasteiger partial charge in [-0.1, -0.05) is 72.8 Å². The Morgan fingerprint density at radius 3 is 1.65 bits per heavy atom. The molecule has 0 aromatic heterocycles. The van der Waals surface area contributed by atoms with Gasteiger partial charge in [0, 0.05) is 17.8 Å². The highest BCUT2D eigenvalue weighted by Crippen LogP contribution is 2.49. The van der Waals surface area contributed by atoms with E-state index < -0.39 is 5.60 Å². The van der Waals surface area contributed by atoms with Gasteiger partial charge in [-0.2, -0.15) is 0 Å². The Labute approximate surface area is 138 Å². The fourth-order valence-electron chi connectivity index (χ4n) is 4.28. The SMILES string of the molecule is CC(C)(O)C(C1C=Cc2ccccc21)C1C=Cc2ccccc21. The molecule has 0 fully saturated rings. The van der Waals surface area contributed by atoms with E-state index in [0.29, 0.717) is 0 Å². The maximum Gasteiger partial charge on any atom is 0.0637 e. The Balaban J connectivity index is 1.80. The molecule has 2 aromatic rings. The summed E-state index contributed by atoms with van der Waals surface area (Å²) in [6.07, 6.45) is 8.93. The molecule has 1 N–H and O–H groups in total. The van der Waals surface area contributed by atoms with Crippen LogP contribution in [0.4, 0.5) is 0 Å². The molecule has 1 heteroatoms. The molecule has 116 valence electrons. The minimum absolute atomic E-state index is 0.113. The molecule has 2 unspecified atom stereocenters. The highest BCUT2D eigenvalue weighted by molar-refractivity contribution is 5.66. The van der Waals surface area contributed by atoms with Gasteiger partial charge < -0.3 is 5.11 Å². The van der Waals surface area contributed by atoms with Gasteiger partial charge in [-0.15, -0.1) is 0 Å². The van der Waals surface area contributed by atoms with Crippen LogP contribution in [0.3, 0.4) is 0 Å². The quantitative estimate of drug-likeness (QED) is 0.846. The van der Waals surface area contributed by atoms with Gasteiger partial charge >= 0.3 is 0 Å². The van der Waals surface area contributed by atoms with Gasteiger partial charge in [0.05, 0.1) is 5.60 Å². The van der Waals surface area contributed by atoms with Crippen LogP contribution in [0.25, 0.3) is 12.2 Å². The average Bonchev–Trinajstić information content (AvgIpc) is 3.12. The van der Waals surface area contributed by atoms with Crippen LogP contribution in [0.5, 0.6) is 0 Å². The van der Waals surface area contributed by atoms with E-state index in [1.54, 1.807) is 0 Å². The van der Waals surface area contributed by atoms with Crippen LogP contribution in [0.15, 0.2) is 60.7 Å². The molecule has 0 bridgehead atoms. The van der Waals surface area contributed by atoms with Gasteiger partial charge in [-0.25, -0.2) is 0 Å². The number of benzene rings is 2. The van der Waals surface area contributed by atoms with Crippen LogP contribution >= 0.6 is 0 Å². The zero-order chi connectivity index (χ0) is 16.0. The van der Waals surface area contributed by atoms with E-state index in [1.807, 2.05) is 13.8 Å². The van der Waals surface area contributed by atoms with E-state index in [4.69, 9.17) is 0 Å². The Hall–Kier alpha value is -2.12. The third-order valence-electron chi connectivity index (χ3n) is 5.27. The number of rotatable bonds is 3. The van der Waals surface area contributed by atoms with Crippen molar-refractivity contribution in [1.29, 1.82) is 0 Å². The number of allylic oxidation sites excluding steroid dienone is 2. The summed E-state index contributed by atoms with van der Waals surface area (Å²) < 4.78 is 0. The van der Waals surface area contributed by atoms with Crippen molar-refractivity contribution in [2.24, 2.45) is 5.92 Å². The van der Waals surface area contributed by atoms with Gasteiger partial charge in [0.15, 0.2) is 0 Å². The topological polar surface area (TPSA) is 20.2 Å². The lowest BCUT2D eigenvalue weighted by Crippen LogP contribution is -2.38. The summed E-state index contributed by atoms with van der Waals surface area (Å²) in [6, 6.07) is 17.1. The molecule has 0 heterocycles. The van der Waals surface area contributed by atoms with Crippen LogP contribution in [-0.2, 0) is 0 Å². The highest BCUT2D eigenvalue weighted by Gasteiger charge is 2.42. The Morgan fingerprint density at radius 1 is 0.783 bits per heavy atom. The lowest BCUT2D eigenvalue weighted by atomic mass is 9.69. The zero-order valence-electron chi connectivity index (χ0n) is 13.6. The first-order valence-electron chi connectivity index (χ1n) is 8.32. The predicted molar refractivity (Wildman–Crippen MR) is 96.2 cm³/mol. The number of hydrogen-bond acceptors (Lipinski definition) is 1. The maximum absolute atomic E-state index is 11.0. The second kappa shape index (κ2) is 5.21. The Kier molecular flexibility index (Phi) is 3.28. The maximum atomic E-state index is 11.0. The van der Waals surface area contributed by atoms with Crippen molar-refractivity contribution in [2.45, 2.75) is 31.3 Å². The highest BCUT2D eigenvalue weighted by atomic mass is 16.3. The standard InChI is InChI=1S/C22H22O/c1-22(2,23)21(19-13-11-15-7-3-5-9-17(15)19)20-14-12-16-8-4-6-10-18(16)20/h3-14,19-21,23H,1-2H3. The first kappa shape index (κ1) is 14.5. The van der Waals surface area contributed by atoms with Gasteiger partial charge in [-0.05, 0) is 36.1 Å². The van der Waals surface area contributed by atoms with Crippen molar-refractivity contribution >= 4 is 12.2 Å². The third kappa shape index (κ3) is 2.36. The number of hydrogen-bond donors (Lipinski definition) is 1. The summed E-state index contributed by atoms with van der Waals surface area (Å²) in [5, 5.41) is 11.0. The van der Waals surface area contributed by atoms with E-state index in [1.165, 1.54) is 22.3 Å². The summed E-state index contributed by atoms with van der Waals surface area (Å²) >= 11 is 0. The molecular formula is C22H22O. The lowest BCUT2D eigenvalue weighted by Gasteiger charge is -2.38. The molecule has 0 amide bonds. The molecule has 0 saturated heterocycles. The molecule has 2 atom stereocenters. The van der Waals surface area contributed by atoms with E-state index >= 15 is 0 Å². The molecule has 2 aliphatic rings. The normalized spacial score (nSPS) is 22.9. The van der Waals surface area contributed by atoms with Gasteiger partial charge in [0.1, 0.15) is 0 Å². The second-order valence-corrected chi connectivity index (χ2v) is 7.21.